The van der Waals surface area contributed by atoms with Crippen LogP contribution in [0, 0.1) is 16.7 Å². The molecule has 3 heterocycles. The predicted molar refractivity (Wildman–Crippen MR) is 123 cm³/mol. The van der Waals surface area contributed by atoms with Crippen LogP contribution in [-0.4, -0.2) is 29.0 Å². The molecule has 9 nitrogen and oxygen atoms in total. The third kappa shape index (κ3) is 3.70. The first-order valence-electron chi connectivity index (χ1n) is 11.5. The van der Waals surface area contributed by atoms with Crippen molar-refractivity contribution >= 4 is 11.9 Å². The van der Waals surface area contributed by atoms with E-state index in [1.54, 1.807) is 0 Å². The summed E-state index contributed by atoms with van der Waals surface area (Å²) >= 11 is 0. The minimum atomic E-state index is -1.11. The largest absolute Gasteiger partial charge is 0.464 e. The third-order valence-corrected chi connectivity index (χ3v) is 6.79. The van der Waals surface area contributed by atoms with Crippen LogP contribution >= 0.6 is 0 Å². The van der Waals surface area contributed by atoms with Gasteiger partial charge in [0.1, 0.15) is 17.7 Å². The van der Waals surface area contributed by atoms with E-state index in [9.17, 15) is 14.9 Å². The maximum atomic E-state index is 12.9. The van der Waals surface area contributed by atoms with Crippen molar-refractivity contribution in [3.8, 4) is 17.7 Å². The minimum absolute atomic E-state index is 0.0169. The lowest BCUT2D eigenvalue weighted by Gasteiger charge is -2.29. The fourth-order valence-electron chi connectivity index (χ4n) is 4.87. The Morgan fingerprint density at radius 3 is 2.77 bits per heavy atom. The molecule has 180 valence electrons. The summed E-state index contributed by atoms with van der Waals surface area (Å²) in [5.74, 6) is -0.171. The molecule has 1 aliphatic heterocycles. The molecule has 35 heavy (non-hydrogen) atoms. The molecule has 0 spiro atoms. The molecule has 2 aliphatic rings. The van der Waals surface area contributed by atoms with Crippen LogP contribution in [0.2, 0.25) is 0 Å². The number of carbonyl (C=O) groups excluding carboxylic acids is 2. The smallest absolute Gasteiger partial charge is 0.360 e. The molecule has 3 aromatic rings. The van der Waals surface area contributed by atoms with E-state index in [2.05, 4.69) is 16.4 Å². The Labute approximate surface area is 202 Å². The van der Waals surface area contributed by atoms with E-state index < -0.39 is 22.8 Å². The van der Waals surface area contributed by atoms with Gasteiger partial charge in [-0.3, -0.25) is 4.79 Å². The van der Waals surface area contributed by atoms with E-state index in [0.29, 0.717) is 31.4 Å². The summed E-state index contributed by atoms with van der Waals surface area (Å²) in [7, 11) is 1.26. The van der Waals surface area contributed by atoms with Crippen molar-refractivity contribution in [2.75, 3.05) is 7.11 Å². The topological polar surface area (TPSA) is 131 Å². The molecule has 1 amide bonds. The van der Waals surface area contributed by atoms with Crippen LogP contribution in [0.5, 0.6) is 0 Å². The number of nitriles is 1. The fraction of sp³-hybridized carbons (Fsp3) is 0.423. The number of fused-ring (bicyclic) bond motifs is 4. The van der Waals surface area contributed by atoms with Gasteiger partial charge in [-0.1, -0.05) is 39.0 Å². The summed E-state index contributed by atoms with van der Waals surface area (Å²) in [5.41, 5.74) is 1.53. The molecule has 2 atom stereocenters. The molecular weight excluding hydrogens is 448 g/mol. The molecule has 0 saturated heterocycles. The molecule has 0 unspecified atom stereocenters. The van der Waals surface area contributed by atoms with Crippen LogP contribution in [0.1, 0.15) is 78.5 Å². The average Bonchev–Trinajstić information content (AvgIpc) is 3.56. The predicted octanol–water partition coefficient (Wildman–Crippen LogP) is 4.02. The Morgan fingerprint density at radius 2 is 2.06 bits per heavy atom. The highest BCUT2D eigenvalue weighted by Gasteiger charge is 2.48. The molecule has 1 aliphatic carbocycles. The van der Waals surface area contributed by atoms with Gasteiger partial charge in [-0.05, 0) is 41.4 Å². The van der Waals surface area contributed by atoms with Crippen LogP contribution < -0.4 is 5.32 Å². The van der Waals surface area contributed by atoms with Crippen LogP contribution in [0.3, 0.4) is 0 Å². The van der Waals surface area contributed by atoms with Gasteiger partial charge in [0.15, 0.2) is 17.1 Å². The zero-order valence-corrected chi connectivity index (χ0v) is 20.1. The van der Waals surface area contributed by atoms with E-state index in [1.807, 2.05) is 39.0 Å². The SMILES string of the molecule is COC(=O)c1coc(-c2nc3oc2[C@@]2(C#N)CCc4ccc(cc42)CCC(=O)N[C@H]3C(C)(C)C)n1. The minimum Gasteiger partial charge on any atom is -0.464 e. The Kier molecular flexibility index (Phi) is 5.28. The Morgan fingerprint density at radius 1 is 1.26 bits per heavy atom. The van der Waals surface area contributed by atoms with E-state index >= 15 is 0 Å². The third-order valence-electron chi connectivity index (χ3n) is 6.79. The van der Waals surface area contributed by atoms with Crippen LogP contribution in [0.4, 0.5) is 0 Å². The summed E-state index contributed by atoms with van der Waals surface area (Å²) in [4.78, 5) is 33.9. The van der Waals surface area contributed by atoms with Crippen molar-refractivity contribution in [3.05, 3.63) is 58.5 Å². The Bertz CT molecular complexity index is 1370. The number of amides is 1. The zero-order chi connectivity index (χ0) is 25.0. The maximum Gasteiger partial charge on any atom is 0.360 e. The molecule has 0 radical (unpaired) electrons. The monoisotopic (exact) mass is 474 g/mol. The van der Waals surface area contributed by atoms with Crippen molar-refractivity contribution in [2.45, 2.75) is 57.9 Å². The first-order chi connectivity index (χ1) is 16.7. The van der Waals surface area contributed by atoms with E-state index in [4.69, 9.17) is 18.6 Å². The second-order valence-electron chi connectivity index (χ2n) is 10.1. The van der Waals surface area contributed by atoms with Gasteiger partial charge in [0.05, 0.1) is 13.2 Å². The number of carbonyl (C=O) groups is 2. The van der Waals surface area contributed by atoms with Crippen LogP contribution in [0.25, 0.3) is 11.6 Å². The number of hydrogen-bond donors (Lipinski definition) is 1. The van der Waals surface area contributed by atoms with Crippen molar-refractivity contribution in [2.24, 2.45) is 5.41 Å². The van der Waals surface area contributed by atoms with Gasteiger partial charge >= 0.3 is 5.97 Å². The molecule has 9 heteroatoms. The fourth-order valence-corrected chi connectivity index (χ4v) is 4.87. The van der Waals surface area contributed by atoms with Crippen LogP contribution in [0.15, 0.2) is 33.3 Å². The summed E-state index contributed by atoms with van der Waals surface area (Å²) in [6, 6.07) is 7.96. The number of nitrogens with zero attached hydrogens (tertiary/aromatic N) is 3. The highest BCUT2D eigenvalue weighted by atomic mass is 16.5. The summed E-state index contributed by atoms with van der Waals surface area (Å²) in [6.07, 6.45) is 3.24. The van der Waals surface area contributed by atoms with Gasteiger partial charge in [0.2, 0.25) is 17.7 Å². The second-order valence-corrected chi connectivity index (χ2v) is 10.1. The number of esters is 1. The van der Waals surface area contributed by atoms with E-state index in [1.165, 1.54) is 13.4 Å². The number of nitrogens with one attached hydrogen (secondary N) is 1. The molecule has 1 N–H and O–H groups in total. The van der Waals surface area contributed by atoms with Crippen molar-refractivity contribution in [3.63, 3.8) is 0 Å². The second kappa shape index (κ2) is 8.08. The summed E-state index contributed by atoms with van der Waals surface area (Å²) < 4.78 is 16.8. The number of benzene rings is 1. The number of hydrogen-bond acceptors (Lipinski definition) is 8. The van der Waals surface area contributed by atoms with Crippen molar-refractivity contribution < 1.29 is 23.2 Å². The van der Waals surface area contributed by atoms with Gasteiger partial charge in [0.25, 0.3) is 0 Å². The summed E-state index contributed by atoms with van der Waals surface area (Å²) in [5, 5.41) is 13.6. The van der Waals surface area contributed by atoms with Gasteiger partial charge in [-0.15, -0.1) is 0 Å². The van der Waals surface area contributed by atoms with Gasteiger partial charge in [-0.2, -0.15) is 5.26 Å². The van der Waals surface area contributed by atoms with Crippen molar-refractivity contribution in [1.29, 1.82) is 5.26 Å². The lowest BCUT2D eigenvalue weighted by molar-refractivity contribution is -0.122. The Hall–Kier alpha value is -3.93. The molecule has 4 bridgehead atoms. The number of methoxy groups -OCH3 is 1. The number of aryl methyl sites for hydroxylation is 2. The lowest BCUT2D eigenvalue weighted by atomic mass is 9.79. The molecular formula is C26H26N4O5. The normalized spacial score (nSPS) is 21.5. The summed E-state index contributed by atoms with van der Waals surface area (Å²) in [6.45, 7) is 5.93. The zero-order valence-electron chi connectivity index (χ0n) is 20.1. The van der Waals surface area contributed by atoms with E-state index in [-0.39, 0.29) is 29.1 Å². The lowest BCUT2D eigenvalue weighted by Crippen LogP contribution is -2.37. The highest BCUT2D eigenvalue weighted by Crippen LogP contribution is 2.49. The molecule has 1 aromatic carbocycles. The molecule has 5 rings (SSSR count). The van der Waals surface area contributed by atoms with E-state index in [0.717, 1.165) is 16.7 Å². The first kappa shape index (κ1) is 22.8. The Balaban J connectivity index is 1.79. The number of oxazole rings is 2. The van der Waals surface area contributed by atoms with Gasteiger partial charge in [-0.25, -0.2) is 14.8 Å². The van der Waals surface area contributed by atoms with Crippen LogP contribution in [-0.2, 0) is 27.8 Å². The molecule has 2 aromatic heterocycles. The molecule has 0 saturated carbocycles. The number of ether oxygens (including phenoxy) is 1. The quantitative estimate of drug-likeness (QED) is 0.551. The number of aromatic nitrogens is 2. The highest BCUT2D eigenvalue weighted by molar-refractivity contribution is 5.87. The maximum absolute atomic E-state index is 12.9. The van der Waals surface area contributed by atoms with Gasteiger partial charge < -0.3 is 18.9 Å². The molecule has 0 fully saturated rings. The number of rotatable bonds is 2. The van der Waals surface area contributed by atoms with Crippen molar-refractivity contribution in [1.82, 2.24) is 15.3 Å². The first-order valence-corrected chi connectivity index (χ1v) is 11.5. The average molecular weight is 475 g/mol. The van der Waals surface area contributed by atoms with Gasteiger partial charge in [0, 0.05) is 6.42 Å². The standard InChI is InChI=1S/C26H26N4O5/c1-25(2,3)20-23-30-19(22-28-17(12-34-22)24(32)33-4)21(35-23)26(13-27)10-9-15-7-5-14(11-16(15)26)6-8-18(31)29-20/h5,7,11-12,20H,6,8-10H2,1-4H3,(H,29,31)/t20-,26-/m1/s1.